The van der Waals surface area contributed by atoms with E-state index in [0.29, 0.717) is 22.1 Å². The normalized spacial score (nSPS) is 9.89. The van der Waals surface area contributed by atoms with Gasteiger partial charge in [-0.3, -0.25) is 0 Å². The van der Waals surface area contributed by atoms with E-state index in [9.17, 15) is 0 Å². The number of benzene rings is 2. The summed E-state index contributed by atoms with van der Waals surface area (Å²) in [6, 6.07) is 13.1. The van der Waals surface area contributed by atoms with Gasteiger partial charge in [0, 0.05) is 5.02 Å². The Hall–Kier alpha value is -1.98. The van der Waals surface area contributed by atoms with Crippen LogP contribution in [0.4, 0.5) is 0 Å². The minimum absolute atomic E-state index is 0.530. The largest absolute Gasteiger partial charge is 0.456 e. The maximum Gasteiger partial charge on any atom is 0.148 e. The lowest BCUT2D eigenvalue weighted by atomic mass is 10.1. The minimum Gasteiger partial charge on any atom is -0.456 e. The molecule has 2 rings (SSSR count). The van der Waals surface area contributed by atoms with Crippen LogP contribution in [0.2, 0.25) is 5.02 Å². The Morgan fingerprint density at radius 3 is 2.56 bits per heavy atom. The molecule has 2 aromatic rings. The maximum absolute atomic E-state index is 9.07. The number of aryl methyl sites for hydroxylation is 2. The van der Waals surface area contributed by atoms with Crippen LogP contribution in [0.15, 0.2) is 36.4 Å². The highest BCUT2D eigenvalue weighted by molar-refractivity contribution is 6.31. The third-order valence-electron chi connectivity index (χ3n) is 2.68. The molecule has 0 aliphatic rings. The predicted octanol–water partition coefficient (Wildman–Crippen LogP) is 4.62. The Kier molecular flexibility index (Phi) is 3.55. The molecule has 2 aromatic carbocycles. The third kappa shape index (κ3) is 2.47. The van der Waals surface area contributed by atoms with Crippen LogP contribution in [0.25, 0.3) is 0 Å². The van der Waals surface area contributed by atoms with Crippen LogP contribution in [-0.2, 0) is 0 Å². The van der Waals surface area contributed by atoms with Gasteiger partial charge in [0.25, 0.3) is 0 Å². The Balaban J connectivity index is 2.40. The van der Waals surface area contributed by atoms with Gasteiger partial charge in [0.15, 0.2) is 0 Å². The number of para-hydroxylation sites is 1. The Bertz CT molecular complexity index is 629. The fourth-order valence-electron chi connectivity index (χ4n) is 1.67. The molecule has 2 nitrogen and oxygen atoms in total. The van der Waals surface area contributed by atoms with Crippen molar-refractivity contribution in [1.82, 2.24) is 0 Å². The van der Waals surface area contributed by atoms with Crippen LogP contribution in [0.3, 0.4) is 0 Å². The maximum atomic E-state index is 9.07. The zero-order valence-electron chi connectivity index (χ0n) is 10.2. The SMILES string of the molecule is Cc1cc(Oc2c(C)cccc2C#N)ccc1Cl. The number of ether oxygens (including phenoxy) is 1. The fourth-order valence-corrected chi connectivity index (χ4v) is 1.79. The van der Waals surface area contributed by atoms with Crippen molar-refractivity contribution in [3.05, 3.63) is 58.1 Å². The summed E-state index contributed by atoms with van der Waals surface area (Å²) in [5.41, 5.74) is 2.41. The van der Waals surface area contributed by atoms with E-state index < -0.39 is 0 Å². The molecular weight excluding hydrogens is 246 g/mol. The van der Waals surface area contributed by atoms with E-state index >= 15 is 0 Å². The molecule has 0 bridgehead atoms. The highest BCUT2D eigenvalue weighted by atomic mass is 35.5. The summed E-state index contributed by atoms with van der Waals surface area (Å²) < 4.78 is 5.79. The van der Waals surface area contributed by atoms with Crippen LogP contribution in [-0.4, -0.2) is 0 Å². The van der Waals surface area contributed by atoms with Crippen LogP contribution >= 0.6 is 11.6 Å². The monoisotopic (exact) mass is 257 g/mol. The van der Waals surface area contributed by atoms with Crippen molar-refractivity contribution < 1.29 is 4.74 Å². The van der Waals surface area contributed by atoms with Gasteiger partial charge in [-0.15, -0.1) is 0 Å². The lowest BCUT2D eigenvalue weighted by Crippen LogP contribution is -1.92. The quantitative estimate of drug-likeness (QED) is 0.786. The van der Waals surface area contributed by atoms with Gasteiger partial charge in [0.2, 0.25) is 0 Å². The van der Waals surface area contributed by atoms with Gasteiger partial charge < -0.3 is 4.74 Å². The molecule has 0 unspecified atom stereocenters. The highest BCUT2D eigenvalue weighted by Crippen LogP contribution is 2.30. The lowest BCUT2D eigenvalue weighted by Gasteiger charge is -2.11. The molecular formula is C15H12ClNO. The van der Waals surface area contributed by atoms with Crippen LogP contribution in [0.1, 0.15) is 16.7 Å². The first-order chi connectivity index (χ1) is 8.61. The van der Waals surface area contributed by atoms with Gasteiger partial charge in [0.1, 0.15) is 17.6 Å². The topological polar surface area (TPSA) is 33.0 Å². The number of nitriles is 1. The van der Waals surface area contributed by atoms with Crippen molar-refractivity contribution in [3.8, 4) is 17.6 Å². The lowest BCUT2D eigenvalue weighted by molar-refractivity contribution is 0.477. The van der Waals surface area contributed by atoms with Crippen molar-refractivity contribution in [3.63, 3.8) is 0 Å². The molecule has 0 fully saturated rings. The first-order valence-electron chi connectivity index (χ1n) is 5.55. The van der Waals surface area contributed by atoms with Crippen LogP contribution < -0.4 is 4.74 Å². The Morgan fingerprint density at radius 2 is 1.89 bits per heavy atom. The predicted molar refractivity (Wildman–Crippen MR) is 72.2 cm³/mol. The molecule has 0 saturated heterocycles. The smallest absolute Gasteiger partial charge is 0.148 e. The van der Waals surface area contributed by atoms with Gasteiger partial charge >= 0.3 is 0 Å². The zero-order valence-corrected chi connectivity index (χ0v) is 11.0. The van der Waals surface area contributed by atoms with Crippen LogP contribution in [0, 0.1) is 25.2 Å². The second-order valence-corrected chi connectivity index (χ2v) is 4.48. The summed E-state index contributed by atoms with van der Waals surface area (Å²) in [5, 5.41) is 9.77. The fraction of sp³-hybridized carbons (Fsp3) is 0.133. The van der Waals surface area contributed by atoms with Crippen LogP contribution in [0.5, 0.6) is 11.5 Å². The molecule has 18 heavy (non-hydrogen) atoms. The number of hydrogen-bond donors (Lipinski definition) is 0. The summed E-state index contributed by atoms with van der Waals surface area (Å²) in [6.07, 6.45) is 0. The second-order valence-electron chi connectivity index (χ2n) is 4.08. The molecule has 0 spiro atoms. The summed E-state index contributed by atoms with van der Waals surface area (Å²) in [7, 11) is 0. The van der Waals surface area contributed by atoms with E-state index in [-0.39, 0.29) is 0 Å². The molecule has 3 heteroatoms. The van der Waals surface area contributed by atoms with Crippen molar-refractivity contribution in [2.24, 2.45) is 0 Å². The van der Waals surface area contributed by atoms with Gasteiger partial charge in [-0.2, -0.15) is 5.26 Å². The molecule has 0 atom stereocenters. The van der Waals surface area contributed by atoms with Crippen molar-refractivity contribution >= 4 is 11.6 Å². The summed E-state index contributed by atoms with van der Waals surface area (Å²) >= 11 is 5.97. The standard InChI is InChI=1S/C15H12ClNO/c1-10-4-3-5-12(9-17)15(10)18-13-6-7-14(16)11(2)8-13/h3-8H,1-2H3. The summed E-state index contributed by atoms with van der Waals surface area (Å²) in [4.78, 5) is 0. The zero-order chi connectivity index (χ0) is 13.1. The average molecular weight is 258 g/mol. The van der Waals surface area contributed by atoms with Gasteiger partial charge in [-0.1, -0.05) is 23.7 Å². The number of nitrogens with zero attached hydrogens (tertiary/aromatic N) is 1. The molecule has 0 aliphatic carbocycles. The van der Waals surface area contributed by atoms with Crippen molar-refractivity contribution in [1.29, 1.82) is 5.26 Å². The van der Waals surface area contributed by atoms with E-state index in [1.54, 1.807) is 18.2 Å². The molecule has 90 valence electrons. The Labute approximate surface area is 111 Å². The Morgan fingerprint density at radius 1 is 1.11 bits per heavy atom. The molecule has 0 saturated carbocycles. The first-order valence-corrected chi connectivity index (χ1v) is 5.93. The molecule has 0 aliphatic heterocycles. The van der Waals surface area contributed by atoms with Gasteiger partial charge in [-0.25, -0.2) is 0 Å². The number of rotatable bonds is 2. The molecule has 0 heterocycles. The van der Waals surface area contributed by atoms with Gasteiger partial charge in [0.05, 0.1) is 5.56 Å². The molecule has 0 N–H and O–H groups in total. The first kappa shape index (κ1) is 12.5. The molecule has 0 aromatic heterocycles. The van der Waals surface area contributed by atoms with Crippen molar-refractivity contribution in [2.45, 2.75) is 13.8 Å². The van der Waals surface area contributed by atoms with E-state index in [0.717, 1.165) is 11.1 Å². The van der Waals surface area contributed by atoms with E-state index in [2.05, 4.69) is 6.07 Å². The minimum atomic E-state index is 0.530. The third-order valence-corrected chi connectivity index (χ3v) is 3.11. The summed E-state index contributed by atoms with van der Waals surface area (Å²) in [6.45, 7) is 3.83. The van der Waals surface area contributed by atoms with E-state index in [1.807, 2.05) is 32.0 Å². The summed E-state index contributed by atoms with van der Waals surface area (Å²) in [5.74, 6) is 1.28. The highest BCUT2D eigenvalue weighted by Gasteiger charge is 2.08. The molecule has 0 amide bonds. The average Bonchev–Trinajstić information content (AvgIpc) is 2.36. The van der Waals surface area contributed by atoms with Gasteiger partial charge in [-0.05, 0) is 49.2 Å². The van der Waals surface area contributed by atoms with E-state index in [1.165, 1.54) is 0 Å². The number of halogens is 1. The molecule has 0 radical (unpaired) electrons. The van der Waals surface area contributed by atoms with Crippen molar-refractivity contribution in [2.75, 3.05) is 0 Å². The van der Waals surface area contributed by atoms with E-state index in [4.69, 9.17) is 21.6 Å². The second kappa shape index (κ2) is 5.12. The number of hydrogen-bond acceptors (Lipinski definition) is 2.